The van der Waals surface area contributed by atoms with E-state index in [-0.39, 0.29) is 18.2 Å². The molecule has 0 spiro atoms. The van der Waals surface area contributed by atoms with E-state index in [0.717, 1.165) is 5.56 Å². The summed E-state index contributed by atoms with van der Waals surface area (Å²) in [4.78, 5) is 24.4. The molecule has 1 heterocycles. The van der Waals surface area contributed by atoms with Crippen molar-refractivity contribution in [2.24, 2.45) is 5.92 Å². The van der Waals surface area contributed by atoms with Crippen LogP contribution >= 0.6 is 0 Å². The zero-order valence-electron chi connectivity index (χ0n) is 17.6. The predicted octanol–water partition coefficient (Wildman–Crippen LogP) is 3.09. The van der Waals surface area contributed by atoms with Gasteiger partial charge in [-0.1, -0.05) is 36.4 Å². The number of ether oxygens (including phenoxy) is 1. The summed E-state index contributed by atoms with van der Waals surface area (Å²) in [6.45, 7) is 0.617. The van der Waals surface area contributed by atoms with Gasteiger partial charge in [-0.25, -0.2) is 17.5 Å². The van der Waals surface area contributed by atoms with E-state index in [1.807, 2.05) is 30.3 Å². The fourth-order valence-electron chi connectivity index (χ4n) is 3.73. The Morgan fingerprint density at radius 2 is 1.90 bits per heavy atom. The largest absolute Gasteiger partial charge is 0.465 e. The second-order valence-corrected chi connectivity index (χ2v) is 9.75. The van der Waals surface area contributed by atoms with Crippen molar-refractivity contribution in [3.05, 3.63) is 65.7 Å². The van der Waals surface area contributed by atoms with Crippen molar-refractivity contribution < 1.29 is 22.7 Å². The van der Waals surface area contributed by atoms with Gasteiger partial charge in [-0.2, -0.15) is 0 Å². The summed E-state index contributed by atoms with van der Waals surface area (Å²) >= 11 is 0. The molecule has 3 rings (SSSR count). The van der Waals surface area contributed by atoms with E-state index in [2.05, 4.69) is 5.32 Å². The van der Waals surface area contributed by atoms with Crippen LogP contribution in [0.1, 0.15) is 35.2 Å². The average molecular weight is 445 g/mol. The number of nitrogens with zero attached hydrogens (tertiary/aromatic N) is 1. The van der Waals surface area contributed by atoms with Gasteiger partial charge in [0.05, 0.1) is 24.3 Å². The molecule has 1 aliphatic heterocycles. The predicted molar refractivity (Wildman–Crippen MR) is 119 cm³/mol. The first-order valence-electron chi connectivity index (χ1n) is 10.4. The molecule has 0 aliphatic carbocycles. The van der Waals surface area contributed by atoms with Crippen molar-refractivity contribution >= 4 is 27.6 Å². The number of anilines is 1. The second kappa shape index (κ2) is 10.5. The van der Waals surface area contributed by atoms with Crippen LogP contribution in [0.25, 0.3) is 0 Å². The average Bonchev–Trinajstić information content (AvgIpc) is 2.79. The molecular formula is C23H28N2O5S. The molecule has 0 aromatic heterocycles. The van der Waals surface area contributed by atoms with Crippen LogP contribution in [-0.2, 0) is 26.0 Å². The molecule has 0 saturated carbocycles. The summed E-state index contributed by atoms with van der Waals surface area (Å²) in [6, 6.07) is 16.3. The van der Waals surface area contributed by atoms with Crippen LogP contribution in [0.5, 0.6) is 0 Å². The minimum Gasteiger partial charge on any atom is -0.465 e. The highest BCUT2D eigenvalue weighted by Crippen LogP contribution is 2.22. The lowest BCUT2D eigenvalue weighted by Gasteiger charge is -2.31. The van der Waals surface area contributed by atoms with Crippen LogP contribution in [0.3, 0.4) is 0 Å². The molecule has 1 saturated heterocycles. The zero-order valence-corrected chi connectivity index (χ0v) is 18.4. The van der Waals surface area contributed by atoms with Crippen molar-refractivity contribution in [2.75, 3.05) is 31.3 Å². The van der Waals surface area contributed by atoms with Gasteiger partial charge >= 0.3 is 5.97 Å². The molecule has 2 aromatic rings. The summed E-state index contributed by atoms with van der Waals surface area (Å²) in [5.41, 5.74) is 1.94. The standard InChI is InChI=1S/C23H28N2O5S/c1-30-23(27)19-11-5-13-21(16-19)24-22(26)20-12-6-14-25(17-20)31(28,29)15-7-10-18-8-3-2-4-9-18/h2-5,8-9,11,13,16,20H,6-7,10,12,14-15,17H2,1H3,(H,24,26)/t20-/m0/s1. The lowest BCUT2D eigenvalue weighted by Crippen LogP contribution is -2.44. The van der Waals surface area contributed by atoms with Gasteiger partial charge in [-0.05, 0) is 49.4 Å². The minimum atomic E-state index is -3.42. The maximum Gasteiger partial charge on any atom is 0.337 e. The molecule has 1 N–H and O–H groups in total. The Labute approximate surface area is 183 Å². The highest BCUT2D eigenvalue weighted by molar-refractivity contribution is 7.89. The molecule has 0 radical (unpaired) electrons. The molecular weight excluding hydrogens is 416 g/mol. The SMILES string of the molecule is COC(=O)c1cccc(NC(=O)[C@H]2CCCN(S(=O)(=O)CCCc3ccccc3)C2)c1. The van der Waals surface area contributed by atoms with Gasteiger partial charge in [0.1, 0.15) is 0 Å². The summed E-state index contributed by atoms with van der Waals surface area (Å²) in [5.74, 6) is -1.09. The Morgan fingerprint density at radius 1 is 1.13 bits per heavy atom. The molecule has 2 aromatic carbocycles. The Morgan fingerprint density at radius 3 is 2.65 bits per heavy atom. The minimum absolute atomic E-state index is 0.0669. The fraction of sp³-hybridized carbons (Fsp3) is 0.391. The number of hydrogen-bond acceptors (Lipinski definition) is 5. The van der Waals surface area contributed by atoms with Gasteiger partial charge in [0, 0.05) is 18.8 Å². The number of nitrogens with one attached hydrogen (secondary N) is 1. The molecule has 0 bridgehead atoms. The number of sulfonamides is 1. The first-order chi connectivity index (χ1) is 14.9. The van der Waals surface area contributed by atoms with E-state index in [4.69, 9.17) is 4.74 Å². The lowest BCUT2D eigenvalue weighted by atomic mass is 9.98. The van der Waals surface area contributed by atoms with Crippen LogP contribution in [0.4, 0.5) is 5.69 Å². The van der Waals surface area contributed by atoms with Crippen molar-refractivity contribution in [1.29, 1.82) is 0 Å². The van der Waals surface area contributed by atoms with E-state index in [0.29, 0.717) is 43.5 Å². The van der Waals surface area contributed by atoms with E-state index in [9.17, 15) is 18.0 Å². The third-order valence-electron chi connectivity index (χ3n) is 5.41. The molecule has 1 aliphatic rings. The fourth-order valence-corrected chi connectivity index (χ4v) is 5.31. The molecule has 8 heteroatoms. The number of esters is 1. The second-order valence-electron chi connectivity index (χ2n) is 7.66. The van der Waals surface area contributed by atoms with E-state index in [1.165, 1.54) is 11.4 Å². The summed E-state index contributed by atoms with van der Waals surface area (Å²) < 4.78 is 31.7. The Hall–Kier alpha value is -2.71. The molecule has 1 amide bonds. The molecule has 0 unspecified atom stereocenters. The number of benzene rings is 2. The van der Waals surface area contributed by atoms with Crippen molar-refractivity contribution in [2.45, 2.75) is 25.7 Å². The van der Waals surface area contributed by atoms with E-state index >= 15 is 0 Å². The number of hydrogen-bond donors (Lipinski definition) is 1. The number of amides is 1. The van der Waals surface area contributed by atoms with Crippen LogP contribution < -0.4 is 5.32 Å². The lowest BCUT2D eigenvalue weighted by molar-refractivity contribution is -0.120. The van der Waals surface area contributed by atoms with Gasteiger partial charge in [0.15, 0.2) is 0 Å². The summed E-state index contributed by atoms with van der Waals surface area (Å²) in [6.07, 6.45) is 2.51. The normalized spacial score (nSPS) is 17.1. The highest BCUT2D eigenvalue weighted by Gasteiger charge is 2.32. The van der Waals surface area contributed by atoms with Crippen LogP contribution in [0.15, 0.2) is 54.6 Å². The van der Waals surface area contributed by atoms with Crippen LogP contribution in [0.2, 0.25) is 0 Å². The van der Waals surface area contributed by atoms with E-state index in [1.54, 1.807) is 24.3 Å². The van der Waals surface area contributed by atoms with Gasteiger partial charge in [0.25, 0.3) is 0 Å². The van der Waals surface area contributed by atoms with Crippen LogP contribution in [0, 0.1) is 5.92 Å². The van der Waals surface area contributed by atoms with Crippen LogP contribution in [-0.4, -0.2) is 50.6 Å². The number of piperidine rings is 1. The molecule has 7 nitrogen and oxygen atoms in total. The number of carbonyl (C=O) groups is 2. The molecule has 1 fully saturated rings. The number of carbonyl (C=O) groups excluding carboxylic acids is 2. The number of rotatable bonds is 8. The summed E-state index contributed by atoms with van der Waals surface area (Å²) in [7, 11) is -2.13. The Bertz CT molecular complexity index is 1010. The van der Waals surface area contributed by atoms with Crippen molar-refractivity contribution in [3.8, 4) is 0 Å². The van der Waals surface area contributed by atoms with Gasteiger partial charge in [-0.3, -0.25) is 4.79 Å². The third kappa shape index (κ3) is 6.38. The topological polar surface area (TPSA) is 92.8 Å². The number of aryl methyl sites for hydroxylation is 1. The quantitative estimate of drug-likeness (QED) is 0.632. The zero-order chi connectivity index (χ0) is 22.3. The van der Waals surface area contributed by atoms with Crippen molar-refractivity contribution in [3.63, 3.8) is 0 Å². The maximum absolute atomic E-state index is 12.8. The van der Waals surface area contributed by atoms with Gasteiger partial charge in [0.2, 0.25) is 15.9 Å². The molecule has 31 heavy (non-hydrogen) atoms. The Balaban J connectivity index is 1.56. The first-order valence-corrected chi connectivity index (χ1v) is 12.0. The molecule has 166 valence electrons. The maximum atomic E-state index is 12.8. The highest BCUT2D eigenvalue weighted by atomic mass is 32.2. The van der Waals surface area contributed by atoms with Crippen molar-refractivity contribution in [1.82, 2.24) is 4.31 Å². The van der Waals surface area contributed by atoms with Gasteiger partial charge in [-0.15, -0.1) is 0 Å². The van der Waals surface area contributed by atoms with E-state index < -0.39 is 21.9 Å². The summed E-state index contributed by atoms with van der Waals surface area (Å²) in [5, 5.41) is 2.80. The number of methoxy groups -OCH3 is 1. The molecule has 1 atom stereocenters. The first kappa shape index (κ1) is 23.0. The smallest absolute Gasteiger partial charge is 0.337 e. The van der Waals surface area contributed by atoms with Gasteiger partial charge < -0.3 is 10.1 Å². The monoisotopic (exact) mass is 444 g/mol. The third-order valence-corrected chi connectivity index (χ3v) is 7.33. The Kier molecular flexibility index (Phi) is 7.81.